The van der Waals surface area contributed by atoms with Gasteiger partial charge in [0.05, 0.1) is 11.4 Å². The number of aromatic nitrogens is 3. The smallest absolute Gasteiger partial charge is 0.246 e. The summed E-state index contributed by atoms with van der Waals surface area (Å²) >= 11 is 1.62. The summed E-state index contributed by atoms with van der Waals surface area (Å²) in [6.45, 7) is 8.17. The third-order valence-electron chi connectivity index (χ3n) is 4.77. The maximum Gasteiger partial charge on any atom is 0.246 e. The van der Waals surface area contributed by atoms with E-state index in [1.807, 2.05) is 49.9 Å². The van der Waals surface area contributed by atoms with E-state index in [2.05, 4.69) is 27.2 Å². The Morgan fingerprint density at radius 3 is 2.79 bits per heavy atom. The van der Waals surface area contributed by atoms with Crippen LogP contribution in [-0.2, 0) is 4.79 Å². The van der Waals surface area contributed by atoms with Gasteiger partial charge in [-0.15, -0.1) is 11.3 Å². The molecule has 0 spiro atoms. The van der Waals surface area contributed by atoms with Gasteiger partial charge in [0.15, 0.2) is 5.13 Å². The molecule has 0 radical (unpaired) electrons. The first-order valence-corrected chi connectivity index (χ1v) is 10.3. The summed E-state index contributed by atoms with van der Waals surface area (Å²) in [7, 11) is 3.97. The zero-order chi connectivity index (χ0) is 20.3. The maximum absolute atomic E-state index is 12.4. The minimum atomic E-state index is 0.0715. The van der Waals surface area contributed by atoms with E-state index in [9.17, 15) is 4.79 Å². The van der Waals surface area contributed by atoms with Gasteiger partial charge in [-0.25, -0.2) is 15.0 Å². The predicted molar refractivity (Wildman–Crippen MR) is 113 cm³/mol. The third-order valence-corrected chi connectivity index (χ3v) is 5.76. The van der Waals surface area contributed by atoms with Crippen molar-refractivity contribution in [3.8, 4) is 0 Å². The van der Waals surface area contributed by atoms with Gasteiger partial charge in [0.25, 0.3) is 0 Å². The fraction of sp³-hybridized carbons (Fsp3) is 0.500. The van der Waals surface area contributed by atoms with E-state index >= 15 is 0 Å². The summed E-state index contributed by atoms with van der Waals surface area (Å²) in [5, 5.41) is 4.14. The van der Waals surface area contributed by atoms with Crippen molar-refractivity contribution >= 4 is 28.2 Å². The van der Waals surface area contributed by atoms with Crippen molar-refractivity contribution in [3.05, 3.63) is 40.3 Å². The summed E-state index contributed by atoms with van der Waals surface area (Å²) in [5.74, 6) is 1.78. The minimum Gasteiger partial charge on any atom is -0.338 e. The minimum absolute atomic E-state index is 0.0715. The molecule has 150 valence electrons. The number of rotatable bonds is 6. The fourth-order valence-electron chi connectivity index (χ4n) is 3.17. The van der Waals surface area contributed by atoms with Gasteiger partial charge in [0.2, 0.25) is 5.91 Å². The highest BCUT2D eigenvalue weighted by Gasteiger charge is 2.27. The predicted octanol–water partition coefficient (Wildman–Crippen LogP) is 3.04. The zero-order valence-corrected chi connectivity index (χ0v) is 18.0. The molecule has 1 aliphatic rings. The molecule has 1 saturated heterocycles. The highest BCUT2D eigenvalue weighted by Crippen LogP contribution is 2.29. The first-order valence-electron chi connectivity index (χ1n) is 9.48. The van der Waals surface area contributed by atoms with Crippen LogP contribution in [0.5, 0.6) is 0 Å². The van der Waals surface area contributed by atoms with Crippen molar-refractivity contribution in [3.63, 3.8) is 0 Å². The fourth-order valence-corrected chi connectivity index (χ4v) is 3.99. The van der Waals surface area contributed by atoms with E-state index in [0.717, 1.165) is 47.7 Å². The molecule has 2 aromatic rings. The van der Waals surface area contributed by atoms with Gasteiger partial charge in [-0.1, -0.05) is 6.08 Å². The molecule has 3 rings (SSSR count). The number of carbonyl (C=O) groups is 1. The van der Waals surface area contributed by atoms with Gasteiger partial charge < -0.3 is 15.1 Å². The number of likely N-dealkylation sites (N-methyl/N-ethyl adjacent to an activating group) is 1. The molecule has 0 aliphatic carbocycles. The largest absolute Gasteiger partial charge is 0.338 e. The van der Waals surface area contributed by atoms with Crippen molar-refractivity contribution in [1.29, 1.82) is 0 Å². The molecule has 1 aliphatic heterocycles. The summed E-state index contributed by atoms with van der Waals surface area (Å²) < 4.78 is 0. The molecule has 1 amide bonds. The van der Waals surface area contributed by atoms with Crippen LogP contribution >= 0.6 is 11.3 Å². The van der Waals surface area contributed by atoms with Crippen LogP contribution in [0.1, 0.15) is 34.4 Å². The lowest BCUT2D eigenvalue weighted by atomic mass is 10.0. The maximum atomic E-state index is 12.4. The lowest BCUT2D eigenvalue weighted by molar-refractivity contribution is -0.125. The lowest BCUT2D eigenvalue weighted by Gasteiger charge is -2.15. The second-order valence-corrected chi connectivity index (χ2v) is 8.65. The van der Waals surface area contributed by atoms with Crippen LogP contribution in [0.25, 0.3) is 0 Å². The SMILES string of the molecule is Cc1nc(Nc2nc(C)c(C)s2)cc([C@@H]2CCN(C(=O)/C=C/CN(C)C)C2)n1. The molecule has 0 unspecified atom stereocenters. The van der Waals surface area contributed by atoms with E-state index in [0.29, 0.717) is 6.54 Å². The molecule has 1 atom stereocenters. The Morgan fingerprint density at radius 1 is 1.32 bits per heavy atom. The number of hydrogen-bond donors (Lipinski definition) is 1. The van der Waals surface area contributed by atoms with Crippen molar-refractivity contribution in [1.82, 2.24) is 24.8 Å². The number of thiazole rings is 1. The van der Waals surface area contributed by atoms with Crippen LogP contribution in [0.2, 0.25) is 0 Å². The average Bonchev–Trinajstić information content (AvgIpc) is 3.21. The van der Waals surface area contributed by atoms with Crippen LogP contribution < -0.4 is 5.32 Å². The Kier molecular flexibility index (Phi) is 6.41. The van der Waals surface area contributed by atoms with Crippen LogP contribution in [0.4, 0.5) is 10.9 Å². The Bertz CT molecular complexity index is 856. The number of carbonyl (C=O) groups excluding carboxylic acids is 1. The first-order chi connectivity index (χ1) is 13.3. The molecule has 2 aromatic heterocycles. The normalized spacial score (nSPS) is 17.1. The van der Waals surface area contributed by atoms with Crippen LogP contribution in [0, 0.1) is 20.8 Å². The van der Waals surface area contributed by atoms with Gasteiger partial charge in [0.1, 0.15) is 11.6 Å². The van der Waals surface area contributed by atoms with E-state index in [1.165, 1.54) is 4.88 Å². The van der Waals surface area contributed by atoms with Crippen LogP contribution in [0.3, 0.4) is 0 Å². The Hall–Kier alpha value is -2.32. The summed E-state index contributed by atoms with van der Waals surface area (Å²) in [5.41, 5.74) is 2.01. The van der Waals surface area contributed by atoms with Gasteiger partial charge in [-0.05, 0) is 41.3 Å². The second-order valence-electron chi connectivity index (χ2n) is 7.45. The van der Waals surface area contributed by atoms with Crippen LogP contribution in [-0.4, -0.2) is 64.4 Å². The van der Waals surface area contributed by atoms with Crippen molar-refractivity contribution in [2.75, 3.05) is 39.0 Å². The number of nitrogens with zero attached hydrogens (tertiary/aromatic N) is 5. The number of amides is 1. The third kappa shape index (κ3) is 5.14. The van der Waals surface area contributed by atoms with Crippen LogP contribution in [0.15, 0.2) is 18.2 Å². The van der Waals surface area contributed by atoms with E-state index in [1.54, 1.807) is 17.4 Å². The Morgan fingerprint density at radius 2 is 2.11 bits per heavy atom. The highest BCUT2D eigenvalue weighted by molar-refractivity contribution is 7.15. The molecule has 1 fully saturated rings. The quantitative estimate of drug-likeness (QED) is 0.752. The van der Waals surface area contributed by atoms with Gasteiger partial charge in [-0.2, -0.15) is 0 Å². The molecule has 8 heteroatoms. The second kappa shape index (κ2) is 8.79. The monoisotopic (exact) mass is 400 g/mol. The van der Waals surface area contributed by atoms with Gasteiger partial charge in [0, 0.05) is 42.6 Å². The number of likely N-dealkylation sites (tertiary alicyclic amines) is 1. The molecular formula is C20H28N6OS. The van der Waals surface area contributed by atoms with Crippen molar-refractivity contribution < 1.29 is 4.79 Å². The van der Waals surface area contributed by atoms with Gasteiger partial charge in [-0.3, -0.25) is 4.79 Å². The highest BCUT2D eigenvalue weighted by atomic mass is 32.1. The van der Waals surface area contributed by atoms with Crippen molar-refractivity contribution in [2.45, 2.75) is 33.1 Å². The Labute approximate surface area is 170 Å². The molecular weight excluding hydrogens is 372 g/mol. The molecule has 0 saturated carbocycles. The number of nitrogens with one attached hydrogen (secondary N) is 1. The van der Waals surface area contributed by atoms with E-state index < -0.39 is 0 Å². The molecule has 3 heterocycles. The first kappa shape index (κ1) is 20.4. The number of aryl methyl sites for hydroxylation is 3. The van der Waals surface area contributed by atoms with Crippen molar-refractivity contribution in [2.24, 2.45) is 0 Å². The molecule has 7 nitrogen and oxygen atoms in total. The standard InChI is InChI=1S/C20H28N6OS/c1-13-14(2)28-20(21-13)24-18-11-17(22-15(3)23-18)16-8-10-26(12-16)19(27)7-6-9-25(4)5/h6-7,11,16H,8-10,12H2,1-5H3,(H,21,22,23,24)/b7-6+/t16-/m1/s1. The molecule has 0 aromatic carbocycles. The number of anilines is 2. The topological polar surface area (TPSA) is 74.2 Å². The summed E-state index contributed by atoms with van der Waals surface area (Å²) in [4.78, 5) is 31.2. The molecule has 0 bridgehead atoms. The molecule has 1 N–H and O–H groups in total. The summed E-state index contributed by atoms with van der Waals surface area (Å²) in [6.07, 6.45) is 4.50. The average molecular weight is 401 g/mol. The molecule has 28 heavy (non-hydrogen) atoms. The van der Waals surface area contributed by atoms with E-state index in [4.69, 9.17) is 0 Å². The summed E-state index contributed by atoms with van der Waals surface area (Å²) in [6, 6.07) is 1.99. The zero-order valence-electron chi connectivity index (χ0n) is 17.2. The van der Waals surface area contributed by atoms with Gasteiger partial charge >= 0.3 is 0 Å². The lowest BCUT2D eigenvalue weighted by Crippen LogP contribution is -2.27. The number of hydrogen-bond acceptors (Lipinski definition) is 7. The van der Waals surface area contributed by atoms with E-state index in [-0.39, 0.29) is 11.8 Å². The Balaban J connectivity index is 1.68.